The fraction of sp³-hybridized carbons (Fsp3) is 0.450. The Labute approximate surface area is 138 Å². The first-order valence-electron chi connectivity index (χ1n) is 8.00. The quantitative estimate of drug-likeness (QED) is 0.364. The summed E-state index contributed by atoms with van der Waals surface area (Å²) in [5.74, 6) is 0. The van der Waals surface area contributed by atoms with E-state index in [1.807, 2.05) is 19.1 Å². The van der Waals surface area contributed by atoms with E-state index in [0.717, 1.165) is 5.57 Å². The lowest BCUT2D eigenvalue weighted by Crippen LogP contribution is -2.19. The molecule has 0 aromatic carbocycles. The maximum Gasteiger partial charge on any atom is 0.283 e. The summed E-state index contributed by atoms with van der Waals surface area (Å²) in [5, 5.41) is 0. The minimum atomic E-state index is 0.115. The molecule has 1 unspecified atom stereocenters. The Morgan fingerprint density at radius 3 is 2.45 bits per heavy atom. The lowest BCUT2D eigenvalue weighted by atomic mass is 9.72. The van der Waals surface area contributed by atoms with E-state index in [1.54, 1.807) is 6.08 Å². The van der Waals surface area contributed by atoms with E-state index in [9.17, 15) is 4.79 Å². The summed E-state index contributed by atoms with van der Waals surface area (Å²) >= 11 is 0. The normalized spacial score (nSPS) is 20.4. The van der Waals surface area contributed by atoms with Gasteiger partial charge in [-0.3, -0.25) is 0 Å². The molecular formula is C20H30OP+. The van der Waals surface area contributed by atoms with Crippen LogP contribution < -0.4 is 0 Å². The molecule has 1 nitrogen and oxygen atoms in total. The van der Waals surface area contributed by atoms with E-state index in [2.05, 4.69) is 45.9 Å². The largest absolute Gasteiger partial charge is 0.283 e. The summed E-state index contributed by atoms with van der Waals surface area (Å²) in [6.45, 7) is 11.0. The molecular weight excluding hydrogens is 287 g/mol. The summed E-state index contributed by atoms with van der Waals surface area (Å²) < 4.78 is 0. The van der Waals surface area contributed by atoms with Gasteiger partial charge in [0.05, 0.1) is 0 Å². The highest BCUT2D eigenvalue weighted by molar-refractivity contribution is 7.41. The Bertz CT molecular complexity index is 569. The Hall–Kier alpha value is -1.20. The van der Waals surface area contributed by atoms with Gasteiger partial charge in [0.1, 0.15) is 0 Å². The molecule has 2 heteroatoms. The number of allylic oxidation sites excluding steroid dienone is 10. The molecule has 0 N–H and O–H groups in total. The van der Waals surface area contributed by atoms with E-state index in [1.165, 1.54) is 45.2 Å². The Morgan fingerprint density at radius 1 is 1.18 bits per heavy atom. The lowest BCUT2D eigenvalue weighted by Gasteiger charge is -2.32. The third-order valence-corrected chi connectivity index (χ3v) is 4.37. The summed E-state index contributed by atoms with van der Waals surface area (Å²) in [6, 6.07) is 0. The molecule has 1 rings (SSSR count). The first kappa shape index (κ1) is 18.8. The van der Waals surface area contributed by atoms with Crippen molar-refractivity contribution >= 4 is 14.8 Å². The van der Waals surface area contributed by atoms with Crippen LogP contribution in [0.3, 0.4) is 0 Å². The average molecular weight is 317 g/mol. The second-order valence-corrected chi connectivity index (χ2v) is 7.59. The van der Waals surface area contributed by atoms with Crippen LogP contribution in [0.15, 0.2) is 58.7 Å². The van der Waals surface area contributed by atoms with Crippen molar-refractivity contribution in [1.82, 2.24) is 0 Å². The van der Waals surface area contributed by atoms with Gasteiger partial charge < -0.3 is 0 Å². The van der Waals surface area contributed by atoms with Crippen molar-refractivity contribution in [3.8, 4) is 0 Å². The minimum Gasteiger partial charge on any atom is -0.249 e. The summed E-state index contributed by atoms with van der Waals surface area (Å²) in [5.41, 5.74) is 5.62. The molecule has 1 aliphatic rings. The van der Waals surface area contributed by atoms with Crippen molar-refractivity contribution in [3.05, 3.63) is 58.7 Å². The van der Waals surface area contributed by atoms with Crippen LogP contribution >= 0.6 is 9.24 Å². The van der Waals surface area contributed by atoms with Gasteiger partial charge in [-0.2, -0.15) is 0 Å². The molecule has 22 heavy (non-hydrogen) atoms. The summed E-state index contributed by atoms with van der Waals surface area (Å²) in [7, 11) is 1.38. The van der Waals surface area contributed by atoms with E-state index < -0.39 is 0 Å². The average Bonchev–Trinajstić information content (AvgIpc) is 2.36. The van der Waals surface area contributed by atoms with Crippen molar-refractivity contribution in [2.24, 2.45) is 5.41 Å². The number of rotatable bonds is 5. The van der Waals surface area contributed by atoms with Crippen LogP contribution in [0.2, 0.25) is 0 Å². The zero-order valence-corrected chi connectivity index (χ0v) is 16.1. The van der Waals surface area contributed by atoms with Gasteiger partial charge in [-0.1, -0.05) is 55.4 Å². The fourth-order valence-corrected chi connectivity index (χ4v) is 3.26. The Morgan fingerprint density at radius 2 is 1.86 bits per heavy atom. The van der Waals surface area contributed by atoms with Crippen LogP contribution in [0.1, 0.15) is 53.9 Å². The zero-order valence-electron chi connectivity index (χ0n) is 14.7. The van der Waals surface area contributed by atoms with E-state index in [4.69, 9.17) is 0 Å². The maximum absolute atomic E-state index is 11.0. The molecule has 1 atom stereocenters. The monoisotopic (exact) mass is 317 g/mol. The molecule has 0 bridgehead atoms. The molecule has 120 valence electrons. The van der Waals surface area contributed by atoms with E-state index in [0.29, 0.717) is 0 Å². The topological polar surface area (TPSA) is 17.1 Å². The molecule has 0 saturated carbocycles. The van der Waals surface area contributed by atoms with E-state index >= 15 is 0 Å². The van der Waals surface area contributed by atoms with Crippen LogP contribution in [-0.4, -0.2) is 5.52 Å². The van der Waals surface area contributed by atoms with Crippen molar-refractivity contribution in [3.63, 3.8) is 0 Å². The van der Waals surface area contributed by atoms with Gasteiger partial charge in [-0.05, 0) is 56.6 Å². The molecule has 0 amide bonds. The van der Waals surface area contributed by atoms with Crippen molar-refractivity contribution in [1.29, 1.82) is 0 Å². The molecule has 0 spiro atoms. The second-order valence-electron chi connectivity index (χ2n) is 6.89. The third kappa shape index (κ3) is 6.28. The van der Waals surface area contributed by atoms with Crippen LogP contribution in [0.25, 0.3) is 0 Å². The van der Waals surface area contributed by atoms with Gasteiger partial charge in [0.15, 0.2) is 0 Å². The maximum atomic E-state index is 11.0. The zero-order chi connectivity index (χ0) is 16.8. The first-order chi connectivity index (χ1) is 10.2. The van der Waals surface area contributed by atoms with Crippen LogP contribution in [0.4, 0.5) is 0 Å². The molecule has 0 aromatic rings. The highest BCUT2D eigenvalue weighted by Gasteiger charge is 2.26. The molecule has 0 fully saturated rings. The van der Waals surface area contributed by atoms with E-state index in [-0.39, 0.29) is 10.9 Å². The molecule has 0 radical (unpaired) electrons. The Balaban J connectivity index is 2.79. The predicted molar refractivity (Wildman–Crippen MR) is 102 cm³/mol. The number of carbonyl (C=O) groups excluding carboxylic acids is 1. The molecule has 0 aliphatic heterocycles. The molecule has 0 saturated heterocycles. The van der Waals surface area contributed by atoms with Crippen molar-refractivity contribution < 1.29 is 4.79 Å². The summed E-state index contributed by atoms with van der Waals surface area (Å²) in [4.78, 5) is 11.0. The van der Waals surface area contributed by atoms with Gasteiger partial charge in [-0.15, -0.1) is 0 Å². The lowest BCUT2D eigenvalue weighted by molar-refractivity contribution is -0.107. The van der Waals surface area contributed by atoms with Gasteiger partial charge in [0, 0.05) is 15.3 Å². The predicted octanol–water partition coefficient (Wildman–Crippen LogP) is 5.65. The molecule has 0 heterocycles. The van der Waals surface area contributed by atoms with Gasteiger partial charge in [0.2, 0.25) is 0 Å². The highest BCUT2D eigenvalue weighted by atomic mass is 31.0. The third-order valence-electron chi connectivity index (χ3n) is 4.16. The first-order valence-corrected chi connectivity index (χ1v) is 8.70. The standard InChI is InChI=1S/C20H29OP/c1-15(8-6-9-16(2)14-19(21)22)11-12-18-17(3)10-7-13-20(18,4)5/h6,8-9,11-12,14H,7,10,13,22H2,1-5H3/p+1/b9-6+,12-11+,15-8+,16-14+. The SMILES string of the molecule is CC1=C(/C=C/C(C)=C/C=C/C(C)=C/C(=O)[PH3+])C(C)(C)CCC1. The summed E-state index contributed by atoms with van der Waals surface area (Å²) in [6.07, 6.45) is 16.0. The smallest absolute Gasteiger partial charge is 0.249 e. The number of carbonyl (C=O) groups is 1. The second kappa shape index (κ2) is 8.44. The van der Waals surface area contributed by atoms with Crippen molar-refractivity contribution in [2.75, 3.05) is 0 Å². The molecule has 0 aromatic heterocycles. The van der Waals surface area contributed by atoms with Gasteiger partial charge in [-0.25, -0.2) is 4.79 Å². The Kier molecular flexibility index (Phi) is 7.23. The fourth-order valence-electron chi connectivity index (χ4n) is 2.93. The molecule has 1 aliphatic carbocycles. The minimum absolute atomic E-state index is 0.115. The van der Waals surface area contributed by atoms with Crippen molar-refractivity contribution in [2.45, 2.75) is 53.9 Å². The van der Waals surface area contributed by atoms with Crippen LogP contribution in [0.5, 0.6) is 0 Å². The van der Waals surface area contributed by atoms with Gasteiger partial charge in [0.25, 0.3) is 5.52 Å². The highest BCUT2D eigenvalue weighted by Crippen LogP contribution is 2.40. The van der Waals surface area contributed by atoms with Crippen LogP contribution in [0, 0.1) is 5.41 Å². The van der Waals surface area contributed by atoms with Gasteiger partial charge >= 0.3 is 0 Å². The number of hydrogen-bond donors (Lipinski definition) is 0. The van der Waals surface area contributed by atoms with Crippen LogP contribution in [-0.2, 0) is 4.79 Å². The number of hydrogen-bond acceptors (Lipinski definition) is 1.